The van der Waals surface area contributed by atoms with Gasteiger partial charge in [-0.1, -0.05) is 72.1 Å². The molecule has 1 atom stereocenters. The van der Waals surface area contributed by atoms with Crippen LogP contribution in [0.2, 0.25) is 0 Å². The summed E-state index contributed by atoms with van der Waals surface area (Å²) in [6.07, 6.45) is 5.27. The molecule has 1 unspecified atom stereocenters. The molecule has 1 heterocycles. The Balaban J connectivity index is 2.62. The number of hydrogen-bond donors (Lipinski definition) is 2. The highest BCUT2D eigenvalue weighted by Gasteiger charge is 2.72. The monoisotopic (exact) mass is 308 g/mol. The van der Waals surface area contributed by atoms with Crippen molar-refractivity contribution >= 4 is 0 Å². The Kier molecular flexibility index (Phi) is 6.98. The van der Waals surface area contributed by atoms with Gasteiger partial charge in [-0.2, -0.15) is 13.2 Å². The second kappa shape index (κ2) is 7.82. The molecule has 1 aliphatic heterocycles. The van der Waals surface area contributed by atoms with Crippen LogP contribution in [0.25, 0.3) is 0 Å². The quantitative estimate of drug-likeness (QED) is 0.402. The highest BCUT2D eigenvalue weighted by Crippen LogP contribution is 2.52. The van der Waals surface area contributed by atoms with Gasteiger partial charge in [0.05, 0.1) is 0 Å². The topological polar surface area (TPSA) is 43.9 Å². The number of nitrogens with one attached hydrogen (secondary N) is 2. The smallest absolute Gasteiger partial charge is 0.226 e. The molecule has 0 spiro atoms. The zero-order valence-electron chi connectivity index (χ0n) is 13.7. The first-order chi connectivity index (χ1) is 9.83. The Morgan fingerprint density at radius 2 is 1.19 bits per heavy atom. The first-order valence-electron chi connectivity index (χ1n) is 8.44. The van der Waals surface area contributed by atoms with Crippen LogP contribution in [-0.2, 0) is 0 Å². The summed E-state index contributed by atoms with van der Waals surface area (Å²) in [6.45, 7) is 6.02. The van der Waals surface area contributed by atoms with E-state index in [1.807, 2.05) is 0 Å². The van der Waals surface area contributed by atoms with Crippen molar-refractivity contribution in [1.82, 2.24) is 10.9 Å². The molecule has 1 saturated heterocycles. The summed E-state index contributed by atoms with van der Waals surface area (Å²) in [5, 5.41) is 0. The van der Waals surface area contributed by atoms with Crippen molar-refractivity contribution in [2.45, 2.75) is 96.8 Å². The third-order valence-electron chi connectivity index (χ3n) is 4.87. The van der Waals surface area contributed by atoms with E-state index in [-0.39, 0.29) is 0 Å². The third kappa shape index (κ3) is 4.59. The number of hydrogen-bond acceptors (Lipinski definition) is 2. The maximum Gasteiger partial charge on any atom is 0.422 e. The van der Waals surface area contributed by atoms with Gasteiger partial charge in [0.1, 0.15) is 0 Å². The van der Waals surface area contributed by atoms with Crippen molar-refractivity contribution in [3.8, 4) is 0 Å². The summed E-state index contributed by atoms with van der Waals surface area (Å²) in [5.41, 5.74) is 2.24. The fourth-order valence-electron chi connectivity index (χ4n) is 3.23. The number of unbranched alkanes of at least 4 members (excludes halogenated alkanes) is 6. The first kappa shape index (κ1) is 18.8. The van der Waals surface area contributed by atoms with E-state index < -0.39 is 17.3 Å². The Hall–Kier alpha value is -0.290. The third-order valence-corrected chi connectivity index (χ3v) is 4.87. The van der Waals surface area contributed by atoms with Gasteiger partial charge in [0, 0.05) is 5.41 Å². The summed E-state index contributed by atoms with van der Waals surface area (Å²) >= 11 is 0. The largest absolute Gasteiger partial charge is 0.422 e. The van der Waals surface area contributed by atoms with Crippen molar-refractivity contribution in [3.05, 3.63) is 0 Å². The molecular weight excluding hydrogens is 277 g/mol. The molecule has 5 heteroatoms. The average Bonchev–Trinajstić information content (AvgIpc) is 3.20. The summed E-state index contributed by atoms with van der Waals surface area (Å²) in [7, 11) is 0. The molecule has 2 nitrogen and oxygen atoms in total. The summed E-state index contributed by atoms with van der Waals surface area (Å²) in [5.74, 6) is 0. The molecule has 126 valence electrons. The number of alkyl halides is 3. The van der Waals surface area contributed by atoms with Gasteiger partial charge in [-0.3, -0.25) is 0 Å². The van der Waals surface area contributed by atoms with Crippen LogP contribution in [-0.4, -0.2) is 11.8 Å². The predicted octanol–water partition coefficient (Wildman–Crippen LogP) is 5.30. The van der Waals surface area contributed by atoms with Crippen LogP contribution in [0.3, 0.4) is 0 Å². The number of rotatable bonds is 11. The maximum absolute atomic E-state index is 13.4. The van der Waals surface area contributed by atoms with Crippen molar-refractivity contribution in [2.75, 3.05) is 0 Å². The van der Waals surface area contributed by atoms with E-state index in [1.165, 1.54) is 6.42 Å². The molecule has 2 N–H and O–H groups in total. The highest BCUT2D eigenvalue weighted by atomic mass is 19.4. The molecule has 1 aliphatic rings. The van der Waals surface area contributed by atoms with E-state index >= 15 is 0 Å². The Labute approximate surface area is 127 Å². The molecule has 0 radical (unpaired) electrons. The van der Waals surface area contributed by atoms with Crippen LogP contribution in [0, 0.1) is 5.41 Å². The molecule has 0 aliphatic carbocycles. The molecule has 0 aromatic rings. The molecule has 0 bridgehead atoms. The Bertz CT molecular complexity index is 300. The van der Waals surface area contributed by atoms with Crippen LogP contribution < -0.4 is 10.9 Å². The van der Waals surface area contributed by atoms with Crippen molar-refractivity contribution < 1.29 is 13.2 Å². The van der Waals surface area contributed by atoms with E-state index in [4.69, 9.17) is 0 Å². The fourth-order valence-corrected chi connectivity index (χ4v) is 3.23. The molecule has 1 fully saturated rings. The van der Waals surface area contributed by atoms with Gasteiger partial charge in [0.25, 0.3) is 0 Å². The van der Waals surface area contributed by atoms with Gasteiger partial charge in [-0.15, -0.1) is 0 Å². The van der Waals surface area contributed by atoms with Crippen LogP contribution >= 0.6 is 0 Å². The number of hydrazine groups is 1. The average molecular weight is 308 g/mol. The lowest BCUT2D eigenvalue weighted by Gasteiger charge is -2.37. The van der Waals surface area contributed by atoms with Crippen LogP contribution in [0.4, 0.5) is 13.2 Å². The lowest BCUT2D eigenvalue weighted by atomic mass is 9.71. The molecular formula is C16H31F3N2. The summed E-state index contributed by atoms with van der Waals surface area (Å²) in [4.78, 5) is 0. The maximum atomic E-state index is 13.4. The minimum absolute atomic E-state index is 0.619. The van der Waals surface area contributed by atoms with E-state index in [2.05, 4.69) is 24.7 Å². The SMILES string of the molecule is CCCCCCCC(C)(CCCCC)C1(C(F)(F)F)NN1. The zero-order valence-corrected chi connectivity index (χ0v) is 13.7. The van der Waals surface area contributed by atoms with Crippen LogP contribution in [0.5, 0.6) is 0 Å². The predicted molar refractivity (Wildman–Crippen MR) is 80.7 cm³/mol. The summed E-state index contributed by atoms with van der Waals surface area (Å²) < 4.78 is 40.2. The lowest BCUT2D eigenvalue weighted by molar-refractivity contribution is -0.193. The number of halogens is 3. The van der Waals surface area contributed by atoms with E-state index in [0.29, 0.717) is 12.8 Å². The standard InChI is InChI=1S/C16H31F3N2/c1-4-6-8-9-11-13-14(3,12-10-7-5-2)15(20-21-15)16(17,18)19/h20-21H,4-13H2,1-3H3. The molecule has 0 amide bonds. The van der Waals surface area contributed by atoms with Crippen molar-refractivity contribution in [2.24, 2.45) is 5.41 Å². The highest BCUT2D eigenvalue weighted by molar-refractivity contribution is 5.12. The van der Waals surface area contributed by atoms with E-state index in [9.17, 15) is 13.2 Å². The fraction of sp³-hybridized carbons (Fsp3) is 1.00. The van der Waals surface area contributed by atoms with Gasteiger partial charge in [0.2, 0.25) is 0 Å². The molecule has 1 rings (SSSR count). The zero-order chi connectivity index (χ0) is 16.0. The molecule has 21 heavy (non-hydrogen) atoms. The van der Waals surface area contributed by atoms with Crippen molar-refractivity contribution in [1.29, 1.82) is 0 Å². The normalized spacial score (nSPS) is 20.3. The minimum atomic E-state index is -4.24. The van der Waals surface area contributed by atoms with Gasteiger partial charge < -0.3 is 0 Å². The van der Waals surface area contributed by atoms with Gasteiger partial charge in [0.15, 0.2) is 5.66 Å². The second-order valence-corrected chi connectivity index (χ2v) is 6.68. The van der Waals surface area contributed by atoms with Crippen molar-refractivity contribution in [3.63, 3.8) is 0 Å². The molecule has 0 aromatic carbocycles. The Morgan fingerprint density at radius 3 is 1.62 bits per heavy atom. The molecule has 0 saturated carbocycles. The van der Waals surface area contributed by atoms with Crippen LogP contribution in [0.1, 0.15) is 85.0 Å². The lowest BCUT2D eigenvalue weighted by Crippen LogP contribution is -2.51. The minimum Gasteiger partial charge on any atom is -0.226 e. The van der Waals surface area contributed by atoms with Gasteiger partial charge in [-0.05, 0) is 12.8 Å². The molecule has 0 aromatic heterocycles. The van der Waals surface area contributed by atoms with E-state index in [1.54, 1.807) is 6.92 Å². The Morgan fingerprint density at radius 1 is 0.762 bits per heavy atom. The second-order valence-electron chi connectivity index (χ2n) is 6.68. The van der Waals surface area contributed by atoms with E-state index in [0.717, 1.165) is 44.9 Å². The van der Waals surface area contributed by atoms with Crippen LogP contribution in [0.15, 0.2) is 0 Å². The first-order valence-corrected chi connectivity index (χ1v) is 8.44. The summed E-state index contributed by atoms with van der Waals surface area (Å²) in [6, 6.07) is 0. The van der Waals surface area contributed by atoms with Gasteiger partial charge >= 0.3 is 6.18 Å². The van der Waals surface area contributed by atoms with Gasteiger partial charge in [-0.25, -0.2) is 10.9 Å².